The third-order valence-corrected chi connectivity index (χ3v) is 4.26. The van der Waals surface area contributed by atoms with Crippen LogP contribution in [0, 0.1) is 0 Å². The standard InChI is InChI=1S/C19H15ClN4O3/c1-25-14-7-13(8-15(9-14)26-2)23-18-16-17(11-3-5-12(20)6-4-11)24-27-19(16)22-10-21-18/h3-10H,1-2H3,(H,21,22,23). The predicted octanol–water partition coefficient (Wildman–Crippen LogP) is 4.70. The molecule has 0 bridgehead atoms. The van der Waals surface area contributed by atoms with Crippen molar-refractivity contribution in [2.24, 2.45) is 0 Å². The Hall–Kier alpha value is -3.32. The Morgan fingerprint density at radius 3 is 2.33 bits per heavy atom. The molecule has 27 heavy (non-hydrogen) atoms. The normalized spacial score (nSPS) is 10.8. The monoisotopic (exact) mass is 382 g/mol. The second-order valence-corrected chi connectivity index (χ2v) is 6.10. The van der Waals surface area contributed by atoms with Crippen LogP contribution in [0.1, 0.15) is 0 Å². The van der Waals surface area contributed by atoms with Gasteiger partial charge in [0.15, 0.2) is 0 Å². The quantitative estimate of drug-likeness (QED) is 0.535. The molecule has 0 radical (unpaired) electrons. The van der Waals surface area contributed by atoms with Crippen molar-refractivity contribution in [3.05, 3.63) is 53.8 Å². The van der Waals surface area contributed by atoms with Crippen LogP contribution in [-0.4, -0.2) is 29.3 Å². The van der Waals surface area contributed by atoms with Crippen molar-refractivity contribution in [2.45, 2.75) is 0 Å². The topological polar surface area (TPSA) is 82.3 Å². The maximum Gasteiger partial charge on any atom is 0.263 e. The van der Waals surface area contributed by atoms with Crippen LogP contribution < -0.4 is 14.8 Å². The maximum atomic E-state index is 5.98. The van der Waals surface area contributed by atoms with Gasteiger partial charge in [0.05, 0.1) is 14.2 Å². The zero-order valence-electron chi connectivity index (χ0n) is 14.6. The number of methoxy groups -OCH3 is 2. The van der Waals surface area contributed by atoms with E-state index >= 15 is 0 Å². The molecule has 0 aliphatic rings. The molecule has 4 aromatic rings. The summed E-state index contributed by atoms with van der Waals surface area (Å²) < 4.78 is 16.0. The molecule has 0 aliphatic heterocycles. The van der Waals surface area contributed by atoms with Gasteiger partial charge in [-0.1, -0.05) is 28.9 Å². The number of ether oxygens (including phenoxy) is 2. The molecule has 0 aliphatic carbocycles. The van der Waals surface area contributed by atoms with Crippen LogP contribution in [-0.2, 0) is 0 Å². The number of benzene rings is 2. The molecule has 136 valence electrons. The minimum Gasteiger partial charge on any atom is -0.497 e. The summed E-state index contributed by atoms with van der Waals surface area (Å²) in [7, 11) is 3.19. The van der Waals surface area contributed by atoms with Crippen LogP contribution in [0.4, 0.5) is 11.5 Å². The van der Waals surface area contributed by atoms with Gasteiger partial charge in [-0.3, -0.25) is 0 Å². The molecule has 2 aromatic heterocycles. The van der Waals surface area contributed by atoms with Crippen LogP contribution in [0.2, 0.25) is 5.02 Å². The molecule has 2 heterocycles. The fourth-order valence-corrected chi connectivity index (χ4v) is 2.83. The highest BCUT2D eigenvalue weighted by Crippen LogP contribution is 2.34. The van der Waals surface area contributed by atoms with E-state index < -0.39 is 0 Å². The van der Waals surface area contributed by atoms with Crippen molar-refractivity contribution in [1.82, 2.24) is 15.1 Å². The van der Waals surface area contributed by atoms with Gasteiger partial charge in [-0.2, -0.15) is 4.98 Å². The molecule has 2 aromatic carbocycles. The van der Waals surface area contributed by atoms with E-state index in [9.17, 15) is 0 Å². The lowest BCUT2D eigenvalue weighted by atomic mass is 10.1. The molecule has 1 N–H and O–H groups in total. The summed E-state index contributed by atoms with van der Waals surface area (Å²) in [6.07, 6.45) is 1.42. The number of nitrogens with zero attached hydrogens (tertiary/aromatic N) is 3. The van der Waals surface area contributed by atoms with Crippen molar-refractivity contribution >= 4 is 34.2 Å². The van der Waals surface area contributed by atoms with Gasteiger partial charge in [0.1, 0.15) is 34.7 Å². The van der Waals surface area contributed by atoms with Gasteiger partial charge in [0.2, 0.25) is 0 Å². The molecule has 0 unspecified atom stereocenters. The second kappa shape index (κ2) is 7.13. The van der Waals surface area contributed by atoms with E-state index in [4.69, 9.17) is 25.6 Å². The number of hydrogen-bond acceptors (Lipinski definition) is 7. The molecule has 7 nitrogen and oxygen atoms in total. The Morgan fingerprint density at radius 2 is 1.67 bits per heavy atom. The number of halogens is 1. The summed E-state index contributed by atoms with van der Waals surface area (Å²) in [5, 5.41) is 8.73. The smallest absolute Gasteiger partial charge is 0.263 e. The Labute approximate surface area is 159 Å². The van der Waals surface area contributed by atoms with E-state index in [0.29, 0.717) is 39.1 Å². The SMILES string of the molecule is COc1cc(Nc2ncnc3onc(-c4ccc(Cl)cc4)c23)cc(OC)c1. The number of hydrogen-bond donors (Lipinski definition) is 1. The lowest BCUT2D eigenvalue weighted by Crippen LogP contribution is -1.97. The number of fused-ring (bicyclic) bond motifs is 1. The average Bonchev–Trinajstić information content (AvgIpc) is 3.13. The number of rotatable bonds is 5. The zero-order valence-corrected chi connectivity index (χ0v) is 15.3. The Bertz CT molecular complexity index is 1070. The van der Waals surface area contributed by atoms with Gasteiger partial charge in [0, 0.05) is 34.5 Å². The van der Waals surface area contributed by atoms with E-state index in [1.54, 1.807) is 32.4 Å². The van der Waals surface area contributed by atoms with Crippen molar-refractivity contribution in [2.75, 3.05) is 19.5 Å². The molecule has 0 amide bonds. The van der Waals surface area contributed by atoms with E-state index in [-0.39, 0.29) is 0 Å². The molecule has 0 atom stereocenters. The van der Waals surface area contributed by atoms with Gasteiger partial charge >= 0.3 is 0 Å². The van der Waals surface area contributed by atoms with Crippen LogP contribution >= 0.6 is 11.6 Å². The Morgan fingerprint density at radius 1 is 0.963 bits per heavy atom. The highest BCUT2D eigenvalue weighted by molar-refractivity contribution is 6.30. The molecular formula is C19H15ClN4O3. The number of aromatic nitrogens is 3. The van der Waals surface area contributed by atoms with Crippen LogP contribution in [0.25, 0.3) is 22.4 Å². The fourth-order valence-electron chi connectivity index (χ4n) is 2.70. The first-order valence-corrected chi connectivity index (χ1v) is 8.42. The molecule has 0 fully saturated rings. The van der Waals surface area contributed by atoms with Gasteiger partial charge < -0.3 is 19.3 Å². The highest BCUT2D eigenvalue weighted by Gasteiger charge is 2.17. The molecule has 0 saturated carbocycles. The molecule has 8 heteroatoms. The number of anilines is 2. The number of nitrogens with one attached hydrogen (secondary N) is 1. The molecule has 0 spiro atoms. The summed E-state index contributed by atoms with van der Waals surface area (Å²) in [5.74, 6) is 1.87. The highest BCUT2D eigenvalue weighted by atomic mass is 35.5. The van der Waals surface area contributed by atoms with E-state index in [0.717, 1.165) is 11.3 Å². The third-order valence-electron chi connectivity index (χ3n) is 4.00. The first-order valence-electron chi connectivity index (χ1n) is 8.04. The summed E-state index contributed by atoms with van der Waals surface area (Å²) >= 11 is 5.98. The largest absolute Gasteiger partial charge is 0.497 e. The predicted molar refractivity (Wildman–Crippen MR) is 103 cm³/mol. The van der Waals surface area contributed by atoms with Crippen LogP contribution in [0.3, 0.4) is 0 Å². The summed E-state index contributed by atoms with van der Waals surface area (Å²) in [4.78, 5) is 8.52. The molecule has 4 rings (SSSR count). The first-order chi connectivity index (χ1) is 13.2. The summed E-state index contributed by atoms with van der Waals surface area (Å²) in [6.45, 7) is 0. The van der Waals surface area contributed by atoms with Crippen molar-refractivity contribution in [3.8, 4) is 22.8 Å². The summed E-state index contributed by atoms with van der Waals surface area (Å²) in [5.41, 5.74) is 2.60. The zero-order chi connectivity index (χ0) is 18.8. The molecule has 0 saturated heterocycles. The van der Waals surface area contributed by atoms with Gasteiger partial charge in [-0.15, -0.1) is 0 Å². The summed E-state index contributed by atoms with van der Waals surface area (Å²) in [6, 6.07) is 12.8. The van der Waals surface area contributed by atoms with Crippen molar-refractivity contribution in [1.29, 1.82) is 0 Å². The minimum atomic E-state index is 0.382. The third kappa shape index (κ3) is 3.37. The van der Waals surface area contributed by atoms with E-state index in [1.165, 1.54) is 6.33 Å². The Balaban J connectivity index is 1.81. The lowest BCUT2D eigenvalue weighted by molar-refractivity contribution is 0.395. The van der Waals surface area contributed by atoms with Crippen LogP contribution in [0.5, 0.6) is 11.5 Å². The maximum absolute atomic E-state index is 5.98. The minimum absolute atomic E-state index is 0.382. The first kappa shape index (κ1) is 17.1. The van der Waals surface area contributed by atoms with Crippen molar-refractivity contribution in [3.63, 3.8) is 0 Å². The average molecular weight is 383 g/mol. The Kier molecular flexibility index (Phi) is 4.52. The van der Waals surface area contributed by atoms with Crippen LogP contribution in [0.15, 0.2) is 53.3 Å². The van der Waals surface area contributed by atoms with Crippen molar-refractivity contribution < 1.29 is 14.0 Å². The second-order valence-electron chi connectivity index (χ2n) is 5.67. The van der Waals surface area contributed by atoms with Gasteiger partial charge in [-0.05, 0) is 12.1 Å². The van der Waals surface area contributed by atoms with Gasteiger partial charge in [-0.25, -0.2) is 4.98 Å². The lowest BCUT2D eigenvalue weighted by Gasteiger charge is -2.10. The fraction of sp³-hybridized carbons (Fsp3) is 0.105. The van der Waals surface area contributed by atoms with E-state index in [1.807, 2.05) is 24.3 Å². The van der Waals surface area contributed by atoms with Gasteiger partial charge in [0.25, 0.3) is 5.71 Å². The van der Waals surface area contributed by atoms with E-state index in [2.05, 4.69) is 20.4 Å². The molecular weight excluding hydrogens is 368 g/mol.